The predicted octanol–water partition coefficient (Wildman–Crippen LogP) is 4.33. The minimum Gasteiger partial charge on any atom is -0.504 e. The van der Waals surface area contributed by atoms with E-state index in [2.05, 4.69) is 25.3 Å². The molecule has 1 saturated carbocycles. The summed E-state index contributed by atoms with van der Waals surface area (Å²) < 4.78 is 7.52. The van der Waals surface area contributed by atoms with Crippen molar-refractivity contribution < 1.29 is 9.84 Å². The standard InChI is InChI=1S/C18H20N4O2S2/c1-24-14-9-12(7-8-13(14)23)17-21-15(10-25-17)26-18-20-19-16(22(18)21)11-5-3-2-4-6-11/h7-11,17,23H,2-6H2,1H3. The summed E-state index contributed by atoms with van der Waals surface area (Å²) in [6.45, 7) is 0. The molecular formula is C18H20N4O2S2. The third-order valence-corrected chi connectivity index (χ3v) is 7.44. The van der Waals surface area contributed by atoms with E-state index in [-0.39, 0.29) is 11.1 Å². The van der Waals surface area contributed by atoms with Gasteiger partial charge in [-0.25, -0.2) is 4.68 Å². The summed E-state index contributed by atoms with van der Waals surface area (Å²) in [5, 5.41) is 25.6. The molecule has 3 heterocycles. The third-order valence-electron chi connectivity index (χ3n) is 5.25. The molecule has 8 heteroatoms. The molecule has 1 aromatic carbocycles. The van der Waals surface area contributed by atoms with Gasteiger partial charge in [-0.15, -0.1) is 10.2 Å². The normalized spacial score (nSPS) is 22.3. The Hall–Kier alpha value is -1.80. The minimum absolute atomic E-state index is 0.0894. The fraction of sp³-hybridized carbons (Fsp3) is 0.444. The Morgan fingerprint density at radius 3 is 2.85 bits per heavy atom. The first kappa shape index (κ1) is 16.4. The Morgan fingerprint density at radius 1 is 1.19 bits per heavy atom. The molecule has 1 aromatic heterocycles. The topological polar surface area (TPSA) is 63.4 Å². The van der Waals surface area contributed by atoms with Gasteiger partial charge in [0.05, 0.1) is 7.11 Å². The number of hydrogen-bond acceptors (Lipinski definition) is 7. The molecule has 0 amide bonds. The maximum Gasteiger partial charge on any atom is 0.216 e. The second-order valence-electron chi connectivity index (χ2n) is 6.81. The maximum absolute atomic E-state index is 9.92. The van der Waals surface area contributed by atoms with E-state index in [9.17, 15) is 5.11 Å². The van der Waals surface area contributed by atoms with Crippen LogP contribution in [0.15, 0.2) is 33.8 Å². The van der Waals surface area contributed by atoms with E-state index in [4.69, 9.17) is 4.74 Å². The smallest absolute Gasteiger partial charge is 0.216 e. The van der Waals surface area contributed by atoms with Crippen molar-refractivity contribution in [3.63, 3.8) is 0 Å². The first-order valence-corrected chi connectivity index (χ1v) is 10.7. The van der Waals surface area contributed by atoms with Crippen LogP contribution in [0.3, 0.4) is 0 Å². The number of ether oxygens (including phenoxy) is 1. The molecular weight excluding hydrogens is 368 g/mol. The van der Waals surface area contributed by atoms with Crippen LogP contribution in [0.25, 0.3) is 0 Å². The van der Waals surface area contributed by atoms with Gasteiger partial charge in [-0.1, -0.05) is 37.1 Å². The lowest BCUT2D eigenvalue weighted by Crippen LogP contribution is -2.31. The lowest BCUT2D eigenvalue weighted by Gasteiger charge is -2.29. The van der Waals surface area contributed by atoms with Gasteiger partial charge in [-0.3, -0.25) is 5.01 Å². The van der Waals surface area contributed by atoms with Gasteiger partial charge in [0, 0.05) is 11.3 Å². The van der Waals surface area contributed by atoms with Crippen molar-refractivity contribution in [1.29, 1.82) is 0 Å². The SMILES string of the molecule is COc1cc(C2SC=C3Sc4nnc(C5CCCCC5)n4N32)ccc1O. The van der Waals surface area contributed by atoms with Crippen molar-refractivity contribution in [2.45, 2.75) is 48.6 Å². The van der Waals surface area contributed by atoms with Gasteiger partial charge in [0.2, 0.25) is 5.16 Å². The average molecular weight is 389 g/mol. The molecule has 1 unspecified atom stereocenters. The molecule has 6 nitrogen and oxygen atoms in total. The molecule has 0 saturated heterocycles. The summed E-state index contributed by atoms with van der Waals surface area (Å²) >= 11 is 3.44. The first-order chi connectivity index (χ1) is 12.8. The van der Waals surface area contributed by atoms with E-state index in [0.29, 0.717) is 11.7 Å². The molecule has 0 radical (unpaired) electrons. The van der Waals surface area contributed by atoms with Crippen LogP contribution in [0, 0.1) is 0 Å². The van der Waals surface area contributed by atoms with Crippen LogP contribution in [-0.2, 0) is 0 Å². The highest BCUT2D eigenvalue weighted by Gasteiger charge is 2.41. The van der Waals surface area contributed by atoms with Crippen LogP contribution >= 0.6 is 23.5 Å². The van der Waals surface area contributed by atoms with Crippen molar-refractivity contribution in [2.24, 2.45) is 0 Å². The number of benzene rings is 1. The summed E-state index contributed by atoms with van der Waals surface area (Å²) in [6, 6.07) is 5.57. The molecule has 2 aromatic rings. The number of nitrogens with zero attached hydrogens (tertiary/aromatic N) is 4. The van der Waals surface area contributed by atoms with E-state index < -0.39 is 0 Å². The number of aromatic hydroxyl groups is 1. The lowest BCUT2D eigenvalue weighted by atomic mass is 9.89. The fourth-order valence-electron chi connectivity index (χ4n) is 3.94. The second kappa shape index (κ2) is 6.42. The van der Waals surface area contributed by atoms with Crippen molar-refractivity contribution in [3.8, 4) is 11.5 Å². The second-order valence-corrected chi connectivity index (χ2v) is 8.75. The van der Waals surface area contributed by atoms with E-state index >= 15 is 0 Å². The van der Waals surface area contributed by atoms with Gasteiger partial charge < -0.3 is 9.84 Å². The predicted molar refractivity (Wildman–Crippen MR) is 103 cm³/mol. The zero-order chi connectivity index (χ0) is 17.7. The number of methoxy groups -OCH3 is 1. The van der Waals surface area contributed by atoms with Crippen LogP contribution in [0.1, 0.15) is 54.8 Å². The summed E-state index contributed by atoms with van der Waals surface area (Å²) in [5.41, 5.74) is 1.09. The molecule has 1 atom stereocenters. The molecule has 0 bridgehead atoms. The molecule has 136 valence electrons. The Morgan fingerprint density at radius 2 is 2.04 bits per heavy atom. The Kier molecular flexibility index (Phi) is 4.04. The number of phenols is 1. The lowest BCUT2D eigenvalue weighted by molar-refractivity contribution is 0.372. The largest absolute Gasteiger partial charge is 0.504 e. The van der Waals surface area contributed by atoms with Crippen LogP contribution in [0.5, 0.6) is 11.5 Å². The maximum atomic E-state index is 9.92. The molecule has 0 spiro atoms. The summed E-state index contributed by atoms with van der Waals surface area (Å²) in [5.74, 6) is 2.25. The highest BCUT2D eigenvalue weighted by molar-refractivity contribution is 8.07. The van der Waals surface area contributed by atoms with E-state index in [1.807, 2.05) is 12.1 Å². The first-order valence-electron chi connectivity index (χ1n) is 8.91. The number of aromatic nitrogens is 3. The number of fused-ring (bicyclic) bond motifs is 3. The minimum atomic E-state index is 0.0894. The number of phenolic OH excluding ortho intramolecular Hbond substituents is 1. The molecule has 1 fully saturated rings. The molecule has 1 N–H and O–H groups in total. The summed E-state index contributed by atoms with van der Waals surface area (Å²) in [6.07, 6.45) is 6.26. The zero-order valence-electron chi connectivity index (χ0n) is 14.5. The zero-order valence-corrected chi connectivity index (χ0v) is 16.1. The van der Waals surface area contributed by atoms with Crippen LogP contribution in [-0.4, -0.2) is 27.1 Å². The Labute approximate surface area is 160 Å². The van der Waals surface area contributed by atoms with Gasteiger partial charge in [-0.2, -0.15) is 0 Å². The van der Waals surface area contributed by atoms with Crippen LogP contribution in [0.4, 0.5) is 0 Å². The molecule has 5 rings (SSSR count). The van der Waals surface area contributed by atoms with Crippen molar-refractivity contribution in [2.75, 3.05) is 12.1 Å². The summed E-state index contributed by atoms with van der Waals surface area (Å²) in [7, 11) is 1.58. The number of hydrogen-bond donors (Lipinski definition) is 1. The Balaban J connectivity index is 1.52. The number of rotatable bonds is 3. The number of thioether (sulfide) groups is 2. The van der Waals surface area contributed by atoms with E-state index in [1.165, 1.54) is 37.1 Å². The molecule has 3 aliphatic rings. The molecule has 1 aliphatic carbocycles. The monoisotopic (exact) mass is 388 g/mol. The van der Waals surface area contributed by atoms with E-state index in [1.54, 1.807) is 36.7 Å². The van der Waals surface area contributed by atoms with Crippen molar-refractivity contribution in [3.05, 3.63) is 40.0 Å². The van der Waals surface area contributed by atoms with Crippen molar-refractivity contribution >= 4 is 23.5 Å². The summed E-state index contributed by atoms with van der Waals surface area (Å²) in [4.78, 5) is 0. The van der Waals surface area contributed by atoms with Gasteiger partial charge >= 0.3 is 0 Å². The molecule has 26 heavy (non-hydrogen) atoms. The average Bonchev–Trinajstić information content (AvgIpc) is 3.34. The van der Waals surface area contributed by atoms with Gasteiger partial charge in [0.1, 0.15) is 10.4 Å². The third kappa shape index (κ3) is 2.50. The highest BCUT2D eigenvalue weighted by Crippen LogP contribution is 2.52. The quantitative estimate of drug-likeness (QED) is 0.840. The Bertz CT molecular complexity index is 876. The highest BCUT2D eigenvalue weighted by atomic mass is 32.2. The van der Waals surface area contributed by atoms with Gasteiger partial charge in [0.15, 0.2) is 17.3 Å². The fourth-order valence-corrected chi connectivity index (χ4v) is 6.17. The van der Waals surface area contributed by atoms with Gasteiger partial charge in [-0.05, 0) is 42.3 Å². The van der Waals surface area contributed by atoms with Gasteiger partial charge in [0.25, 0.3) is 0 Å². The van der Waals surface area contributed by atoms with E-state index in [0.717, 1.165) is 16.5 Å². The van der Waals surface area contributed by atoms with Crippen molar-refractivity contribution in [1.82, 2.24) is 14.9 Å². The molecule has 2 aliphatic heterocycles. The van der Waals surface area contributed by atoms with Crippen LogP contribution in [0.2, 0.25) is 0 Å². The van der Waals surface area contributed by atoms with Crippen LogP contribution < -0.4 is 9.75 Å².